The van der Waals surface area contributed by atoms with Crippen molar-refractivity contribution in [1.29, 1.82) is 0 Å². The third-order valence-corrected chi connectivity index (χ3v) is 5.40. The van der Waals surface area contributed by atoms with Crippen LogP contribution in [0, 0.1) is 0 Å². The zero-order valence-corrected chi connectivity index (χ0v) is 15.1. The Bertz CT molecular complexity index is 759. The van der Waals surface area contributed by atoms with E-state index >= 15 is 0 Å². The van der Waals surface area contributed by atoms with Gasteiger partial charge in [0.2, 0.25) is 5.91 Å². The van der Waals surface area contributed by atoms with E-state index in [0.717, 1.165) is 25.7 Å². The molecule has 0 aliphatic heterocycles. The van der Waals surface area contributed by atoms with Crippen molar-refractivity contribution in [2.45, 2.75) is 38.5 Å². The number of amides is 3. The maximum Gasteiger partial charge on any atom is 0.286 e. The van der Waals surface area contributed by atoms with E-state index in [-0.39, 0.29) is 36.4 Å². The van der Waals surface area contributed by atoms with Gasteiger partial charge in [-0.1, -0.05) is 6.42 Å². The normalized spacial score (nSPS) is 13.4. The molecular formula is C18H21N3O4S. The molecule has 3 N–H and O–H groups in total. The number of nitrogens with one attached hydrogen (secondary N) is 3. The Kier molecular flexibility index (Phi) is 6.06. The fourth-order valence-electron chi connectivity index (χ4n) is 2.81. The largest absolute Gasteiger partial charge is 0.459 e. The monoisotopic (exact) mass is 375 g/mol. The van der Waals surface area contributed by atoms with Gasteiger partial charge in [0.05, 0.1) is 11.1 Å². The second kappa shape index (κ2) is 8.66. The van der Waals surface area contributed by atoms with Crippen LogP contribution < -0.4 is 16.2 Å². The predicted octanol–water partition coefficient (Wildman–Crippen LogP) is 2.19. The topological polar surface area (TPSA) is 100 Å². The summed E-state index contributed by atoms with van der Waals surface area (Å²) in [6.45, 7) is 0.147. The first kappa shape index (κ1) is 18.2. The van der Waals surface area contributed by atoms with Crippen molar-refractivity contribution < 1.29 is 18.8 Å². The Morgan fingerprint density at radius 3 is 2.73 bits per heavy atom. The number of hydrazine groups is 1. The molecule has 0 bridgehead atoms. The zero-order valence-electron chi connectivity index (χ0n) is 14.3. The van der Waals surface area contributed by atoms with Gasteiger partial charge in [-0.25, -0.2) is 0 Å². The molecule has 138 valence electrons. The maximum atomic E-state index is 12.2. The van der Waals surface area contributed by atoms with Crippen molar-refractivity contribution in [2.24, 2.45) is 0 Å². The molecule has 0 aromatic carbocycles. The third kappa shape index (κ3) is 4.72. The summed E-state index contributed by atoms with van der Waals surface area (Å²) in [6.07, 6.45) is 7.04. The van der Waals surface area contributed by atoms with Crippen LogP contribution >= 0.6 is 11.3 Å². The minimum Gasteiger partial charge on any atom is -0.459 e. The molecule has 0 spiro atoms. The molecule has 0 fully saturated rings. The highest BCUT2D eigenvalue weighted by atomic mass is 32.1. The van der Waals surface area contributed by atoms with Crippen LogP contribution in [0.1, 0.15) is 56.4 Å². The molecule has 2 aromatic rings. The van der Waals surface area contributed by atoms with Gasteiger partial charge in [-0.15, -0.1) is 11.3 Å². The highest BCUT2D eigenvalue weighted by Crippen LogP contribution is 2.28. The molecule has 7 nitrogen and oxygen atoms in total. The number of rotatable bonds is 5. The number of hydrogen-bond acceptors (Lipinski definition) is 5. The van der Waals surface area contributed by atoms with Gasteiger partial charge in [-0.05, 0) is 49.4 Å². The number of fused-ring (bicyclic) bond motifs is 1. The van der Waals surface area contributed by atoms with Crippen LogP contribution in [-0.2, 0) is 17.6 Å². The van der Waals surface area contributed by atoms with Gasteiger partial charge >= 0.3 is 0 Å². The van der Waals surface area contributed by atoms with E-state index in [1.165, 1.54) is 40.5 Å². The maximum absolute atomic E-state index is 12.2. The van der Waals surface area contributed by atoms with E-state index in [2.05, 4.69) is 16.2 Å². The number of furan rings is 1. The lowest BCUT2D eigenvalue weighted by atomic mass is 10.1. The van der Waals surface area contributed by atoms with Crippen LogP contribution in [0.25, 0.3) is 0 Å². The van der Waals surface area contributed by atoms with Crippen LogP contribution in [0.5, 0.6) is 0 Å². The van der Waals surface area contributed by atoms with Crippen molar-refractivity contribution in [1.82, 2.24) is 16.2 Å². The highest BCUT2D eigenvalue weighted by Gasteiger charge is 2.17. The summed E-state index contributed by atoms with van der Waals surface area (Å²) >= 11 is 1.50. The fraction of sp³-hybridized carbons (Fsp3) is 0.389. The molecule has 0 saturated carbocycles. The van der Waals surface area contributed by atoms with E-state index in [4.69, 9.17) is 4.42 Å². The van der Waals surface area contributed by atoms with Crippen LogP contribution in [0.2, 0.25) is 0 Å². The van der Waals surface area contributed by atoms with E-state index in [1.807, 2.05) is 6.07 Å². The Hall–Kier alpha value is -2.61. The third-order valence-electron chi connectivity index (χ3n) is 4.17. The number of carbonyl (C=O) groups excluding carboxylic acids is 3. The quantitative estimate of drug-likeness (QED) is 0.551. The lowest BCUT2D eigenvalue weighted by Crippen LogP contribution is -2.42. The van der Waals surface area contributed by atoms with Gasteiger partial charge in [0.25, 0.3) is 11.8 Å². The van der Waals surface area contributed by atoms with Crippen molar-refractivity contribution in [3.8, 4) is 0 Å². The van der Waals surface area contributed by atoms with E-state index in [9.17, 15) is 14.4 Å². The first-order valence-corrected chi connectivity index (χ1v) is 9.47. The molecule has 26 heavy (non-hydrogen) atoms. The van der Waals surface area contributed by atoms with Crippen molar-refractivity contribution in [2.75, 3.05) is 6.54 Å². The summed E-state index contributed by atoms with van der Waals surface area (Å²) in [5, 5.41) is 2.57. The Morgan fingerprint density at radius 2 is 1.92 bits per heavy atom. The smallest absolute Gasteiger partial charge is 0.286 e. The molecular weight excluding hydrogens is 354 g/mol. The first-order valence-electron chi connectivity index (χ1n) is 8.66. The van der Waals surface area contributed by atoms with Crippen LogP contribution in [0.3, 0.4) is 0 Å². The van der Waals surface area contributed by atoms with Gasteiger partial charge in [0, 0.05) is 17.8 Å². The van der Waals surface area contributed by atoms with Gasteiger partial charge in [-0.3, -0.25) is 25.2 Å². The first-order chi connectivity index (χ1) is 12.6. The fourth-order valence-corrected chi connectivity index (χ4v) is 3.96. The molecule has 1 aliphatic rings. The second-order valence-corrected chi connectivity index (χ2v) is 7.24. The average Bonchev–Trinajstić information content (AvgIpc) is 3.26. The van der Waals surface area contributed by atoms with E-state index in [0.29, 0.717) is 4.88 Å². The molecule has 1 aliphatic carbocycles. The number of thiophene rings is 1. The van der Waals surface area contributed by atoms with Crippen LogP contribution in [0.4, 0.5) is 0 Å². The summed E-state index contributed by atoms with van der Waals surface area (Å²) < 4.78 is 4.95. The summed E-state index contributed by atoms with van der Waals surface area (Å²) in [4.78, 5) is 37.5. The molecule has 0 saturated heterocycles. The van der Waals surface area contributed by atoms with Crippen molar-refractivity contribution in [3.05, 3.63) is 45.5 Å². The van der Waals surface area contributed by atoms with Crippen molar-refractivity contribution >= 4 is 29.1 Å². The molecule has 2 aromatic heterocycles. The summed E-state index contributed by atoms with van der Waals surface area (Å²) in [5.41, 5.74) is 6.06. The van der Waals surface area contributed by atoms with E-state index < -0.39 is 0 Å². The van der Waals surface area contributed by atoms with Crippen molar-refractivity contribution in [3.63, 3.8) is 0 Å². The number of hydrogen-bond donors (Lipinski definition) is 3. The van der Waals surface area contributed by atoms with Gasteiger partial charge in [0.15, 0.2) is 5.76 Å². The number of aryl methyl sites for hydroxylation is 2. The Morgan fingerprint density at radius 1 is 1.08 bits per heavy atom. The number of carbonyl (C=O) groups is 3. The Labute approximate surface area is 155 Å². The molecule has 0 unspecified atom stereocenters. The molecule has 3 amide bonds. The van der Waals surface area contributed by atoms with Gasteiger partial charge in [0.1, 0.15) is 0 Å². The second-order valence-electron chi connectivity index (χ2n) is 6.11. The zero-order chi connectivity index (χ0) is 18.4. The SMILES string of the molecule is O=C(CCNC(=O)c1ccco1)NNC(=O)c1cc2c(s1)CCCCC2. The standard InChI is InChI=1S/C18H21N3O4S/c22-16(8-9-19-17(23)13-6-4-10-25-13)20-21-18(24)15-11-12-5-2-1-3-7-14(12)26-15/h4,6,10-11H,1-3,5,7-9H2,(H,19,23)(H,20,22)(H,21,24). The minimum atomic E-state index is -0.382. The highest BCUT2D eigenvalue weighted by molar-refractivity contribution is 7.14. The van der Waals surface area contributed by atoms with Crippen LogP contribution in [-0.4, -0.2) is 24.3 Å². The molecule has 0 atom stereocenters. The summed E-state index contributed by atoms with van der Waals surface area (Å²) in [5.74, 6) is -0.879. The van der Waals surface area contributed by atoms with Gasteiger partial charge in [-0.2, -0.15) is 0 Å². The Balaban J connectivity index is 1.40. The molecule has 2 heterocycles. The van der Waals surface area contributed by atoms with E-state index in [1.54, 1.807) is 6.07 Å². The lowest BCUT2D eigenvalue weighted by molar-refractivity contribution is -0.121. The summed E-state index contributed by atoms with van der Waals surface area (Å²) in [6, 6.07) is 5.08. The average molecular weight is 375 g/mol. The molecule has 3 rings (SSSR count). The summed E-state index contributed by atoms with van der Waals surface area (Å²) in [7, 11) is 0. The molecule has 8 heteroatoms. The lowest BCUT2D eigenvalue weighted by Gasteiger charge is -2.07. The van der Waals surface area contributed by atoms with Gasteiger partial charge < -0.3 is 9.73 Å². The van der Waals surface area contributed by atoms with Crippen LogP contribution in [0.15, 0.2) is 28.9 Å². The minimum absolute atomic E-state index is 0.0493. The molecule has 0 radical (unpaired) electrons. The predicted molar refractivity (Wildman–Crippen MR) is 96.8 cm³/mol.